The van der Waals surface area contributed by atoms with Crippen molar-refractivity contribution in [3.05, 3.63) is 47.3 Å². The van der Waals surface area contributed by atoms with Gasteiger partial charge in [-0.3, -0.25) is 4.79 Å². The minimum absolute atomic E-state index is 0.106. The van der Waals surface area contributed by atoms with E-state index in [0.29, 0.717) is 0 Å². The molecule has 0 bridgehead atoms. The molecule has 0 spiro atoms. The number of benzene rings is 1. The molecule has 14 heavy (non-hydrogen) atoms. The van der Waals surface area contributed by atoms with Crippen molar-refractivity contribution < 1.29 is 4.79 Å². The van der Waals surface area contributed by atoms with Crippen molar-refractivity contribution in [1.29, 1.82) is 0 Å². The zero-order valence-electron chi connectivity index (χ0n) is 7.78. The minimum Gasteiger partial charge on any atom is -0.295 e. The maximum atomic E-state index is 11.0. The molecule has 0 N–H and O–H groups in total. The van der Waals surface area contributed by atoms with Crippen molar-refractivity contribution in [3.8, 4) is 10.4 Å². The van der Waals surface area contributed by atoms with Crippen LogP contribution in [0.4, 0.5) is 0 Å². The number of hydrogen-bond donors (Lipinski definition) is 0. The van der Waals surface area contributed by atoms with Crippen molar-refractivity contribution in [2.45, 2.75) is 6.92 Å². The number of carbonyl (C=O) groups excluding carboxylic acids is 1. The van der Waals surface area contributed by atoms with E-state index in [0.717, 1.165) is 11.1 Å². The number of ketones is 1. The first-order valence-electron chi connectivity index (χ1n) is 4.34. The molecule has 0 aliphatic heterocycles. The summed E-state index contributed by atoms with van der Waals surface area (Å²) in [5, 5.41) is 3.04. The number of thiophene rings is 1. The first kappa shape index (κ1) is 9.16. The number of rotatable bonds is 2. The molecule has 2 heteroatoms. The predicted molar refractivity (Wildman–Crippen MR) is 58.6 cm³/mol. The van der Waals surface area contributed by atoms with E-state index in [1.165, 1.54) is 4.88 Å². The minimum atomic E-state index is 0.106. The fourth-order valence-electron chi connectivity index (χ4n) is 1.27. The summed E-state index contributed by atoms with van der Waals surface area (Å²) in [5.41, 5.74) is 1.90. The molecule has 0 unspecified atom stereocenters. The van der Waals surface area contributed by atoms with E-state index in [-0.39, 0.29) is 5.78 Å². The summed E-state index contributed by atoms with van der Waals surface area (Å²) < 4.78 is 0. The van der Waals surface area contributed by atoms with Gasteiger partial charge in [0.15, 0.2) is 5.78 Å². The van der Waals surface area contributed by atoms with Gasteiger partial charge in [0.05, 0.1) is 0 Å². The molecule has 2 rings (SSSR count). The molecule has 0 aliphatic carbocycles. The van der Waals surface area contributed by atoms with Crippen LogP contribution in [0.2, 0.25) is 0 Å². The van der Waals surface area contributed by atoms with Crippen molar-refractivity contribution >= 4 is 17.1 Å². The normalized spacial score (nSPS) is 10.1. The number of Topliss-reactive ketones (excluding diaryl/α,β-unsaturated/α-hetero) is 1. The Bertz CT molecular complexity index is 426. The van der Waals surface area contributed by atoms with Crippen LogP contribution in [0, 0.1) is 5.38 Å². The lowest BCUT2D eigenvalue weighted by atomic mass is 10.1. The van der Waals surface area contributed by atoms with Crippen LogP contribution >= 0.6 is 11.3 Å². The van der Waals surface area contributed by atoms with Gasteiger partial charge in [0.25, 0.3) is 0 Å². The second-order valence-electron chi connectivity index (χ2n) is 3.05. The van der Waals surface area contributed by atoms with Gasteiger partial charge < -0.3 is 0 Å². The zero-order valence-corrected chi connectivity index (χ0v) is 8.60. The van der Waals surface area contributed by atoms with E-state index >= 15 is 0 Å². The maximum Gasteiger partial charge on any atom is 0.159 e. The molecular weight excluding hydrogens is 192 g/mol. The van der Waals surface area contributed by atoms with Gasteiger partial charge in [-0.2, -0.15) is 0 Å². The molecule has 0 atom stereocenters. The third-order valence-electron chi connectivity index (χ3n) is 2.05. The standard InChI is InChI=1S/C12H9OS/c1-9(13)10-4-6-11(7-5-10)12-3-2-8-14-12/h2-7H,1H3. The second-order valence-corrected chi connectivity index (χ2v) is 3.93. The lowest BCUT2D eigenvalue weighted by Gasteiger charge is -1.98. The van der Waals surface area contributed by atoms with E-state index in [1.807, 2.05) is 36.4 Å². The highest BCUT2D eigenvalue weighted by molar-refractivity contribution is 7.13. The fraction of sp³-hybridized carbons (Fsp3) is 0.0833. The molecule has 1 nitrogen and oxygen atoms in total. The second kappa shape index (κ2) is 3.76. The number of carbonyl (C=O) groups is 1. The summed E-state index contributed by atoms with van der Waals surface area (Å²) in [6.45, 7) is 1.58. The molecule has 2 aromatic rings. The molecule has 0 fully saturated rings. The molecule has 0 saturated carbocycles. The van der Waals surface area contributed by atoms with Gasteiger partial charge in [0, 0.05) is 15.8 Å². The van der Waals surface area contributed by atoms with Crippen LogP contribution in [0.25, 0.3) is 10.4 Å². The molecule has 0 saturated heterocycles. The van der Waals surface area contributed by atoms with E-state index < -0.39 is 0 Å². The Morgan fingerprint density at radius 3 is 2.43 bits per heavy atom. The summed E-state index contributed by atoms with van der Waals surface area (Å²) in [4.78, 5) is 12.2. The summed E-state index contributed by atoms with van der Waals surface area (Å²) in [6, 6.07) is 11.6. The van der Waals surface area contributed by atoms with Gasteiger partial charge in [-0.15, -0.1) is 11.3 Å². The number of hydrogen-bond acceptors (Lipinski definition) is 2. The first-order valence-corrected chi connectivity index (χ1v) is 5.16. The third kappa shape index (κ3) is 1.75. The van der Waals surface area contributed by atoms with Gasteiger partial charge in [0.1, 0.15) is 0 Å². The van der Waals surface area contributed by atoms with Gasteiger partial charge in [-0.25, -0.2) is 0 Å². The Hall–Kier alpha value is -1.41. The van der Waals surface area contributed by atoms with E-state index in [9.17, 15) is 4.79 Å². The summed E-state index contributed by atoms with van der Waals surface area (Å²) in [7, 11) is 0. The maximum absolute atomic E-state index is 11.0. The zero-order chi connectivity index (χ0) is 9.97. The van der Waals surface area contributed by atoms with Crippen molar-refractivity contribution in [3.63, 3.8) is 0 Å². The highest BCUT2D eigenvalue weighted by Crippen LogP contribution is 2.24. The topological polar surface area (TPSA) is 17.1 Å². The molecule has 1 aromatic heterocycles. The smallest absolute Gasteiger partial charge is 0.159 e. The average Bonchev–Trinajstić information content (AvgIpc) is 2.71. The summed E-state index contributed by atoms with van der Waals surface area (Å²) in [5.74, 6) is 0.106. The van der Waals surface area contributed by atoms with Crippen LogP contribution < -0.4 is 0 Å². The van der Waals surface area contributed by atoms with Crippen LogP contribution in [0.15, 0.2) is 36.4 Å². The molecular formula is C12H9OS. The van der Waals surface area contributed by atoms with Gasteiger partial charge in [-0.05, 0) is 24.6 Å². The van der Waals surface area contributed by atoms with Crippen LogP contribution in [0.1, 0.15) is 17.3 Å². The van der Waals surface area contributed by atoms with Crippen LogP contribution in [0.5, 0.6) is 0 Å². The SMILES string of the molecule is CC(=O)c1ccc(-c2cc[c]s2)cc1. The Balaban J connectivity index is 2.36. The summed E-state index contributed by atoms with van der Waals surface area (Å²) >= 11 is 1.58. The predicted octanol–water partition coefficient (Wildman–Crippen LogP) is 3.42. The van der Waals surface area contributed by atoms with Crippen molar-refractivity contribution in [2.24, 2.45) is 0 Å². The summed E-state index contributed by atoms with van der Waals surface area (Å²) in [6.07, 6.45) is 0. The fourth-order valence-corrected chi connectivity index (χ4v) is 1.92. The molecule has 0 aliphatic rings. The molecule has 0 amide bonds. The molecule has 1 heterocycles. The molecule has 69 valence electrons. The lowest BCUT2D eigenvalue weighted by molar-refractivity contribution is 0.101. The van der Waals surface area contributed by atoms with Crippen LogP contribution in [0.3, 0.4) is 0 Å². The van der Waals surface area contributed by atoms with Crippen LogP contribution in [-0.4, -0.2) is 5.78 Å². The highest BCUT2D eigenvalue weighted by atomic mass is 32.1. The Morgan fingerprint density at radius 1 is 1.21 bits per heavy atom. The van der Waals surface area contributed by atoms with Gasteiger partial charge in [-0.1, -0.05) is 24.3 Å². The van der Waals surface area contributed by atoms with Gasteiger partial charge in [0.2, 0.25) is 0 Å². The highest BCUT2D eigenvalue weighted by Gasteiger charge is 2.01. The van der Waals surface area contributed by atoms with Crippen molar-refractivity contribution in [1.82, 2.24) is 0 Å². The van der Waals surface area contributed by atoms with E-state index in [1.54, 1.807) is 18.3 Å². The average molecular weight is 201 g/mol. The Kier molecular flexibility index (Phi) is 2.46. The first-order chi connectivity index (χ1) is 6.77. The lowest BCUT2D eigenvalue weighted by Crippen LogP contribution is -1.90. The largest absolute Gasteiger partial charge is 0.295 e. The monoisotopic (exact) mass is 201 g/mol. The van der Waals surface area contributed by atoms with Crippen LogP contribution in [-0.2, 0) is 0 Å². The van der Waals surface area contributed by atoms with E-state index in [2.05, 4.69) is 5.38 Å². The quantitative estimate of drug-likeness (QED) is 0.680. The Labute approximate surface area is 87.0 Å². The molecule has 1 aromatic carbocycles. The molecule has 1 radical (unpaired) electrons. The van der Waals surface area contributed by atoms with Gasteiger partial charge >= 0.3 is 0 Å². The van der Waals surface area contributed by atoms with E-state index in [4.69, 9.17) is 0 Å². The third-order valence-corrected chi connectivity index (χ3v) is 2.89. The van der Waals surface area contributed by atoms with Crippen molar-refractivity contribution in [2.75, 3.05) is 0 Å². The Morgan fingerprint density at radius 2 is 1.93 bits per heavy atom.